The molecular weight excluding hydrogens is 248 g/mol. The number of hydrogen-bond donors (Lipinski definition) is 1. The fourth-order valence-corrected chi connectivity index (χ4v) is 2.60. The SMILES string of the molecule is CCCCSCCC(=O)NC(C)c1nncn1C. The first-order valence-electron chi connectivity index (χ1n) is 6.36. The highest BCUT2D eigenvalue weighted by Crippen LogP contribution is 2.09. The third-order valence-electron chi connectivity index (χ3n) is 2.63. The number of nitrogens with zero attached hydrogens (tertiary/aromatic N) is 3. The van der Waals surface area contributed by atoms with E-state index in [-0.39, 0.29) is 11.9 Å². The van der Waals surface area contributed by atoms with Gasteiger partial charge in [0.2, 0.25) is 5.91 Å². The second-order valence-electron chi connectivity index (χ2n) is 4.31. The molecule has 1 N–H and O–H groups in total. The molecule has 1 aromatic rings. The van der Waals surface area contributed by atoms with Gasteiger partial charge in [0.05, 0.1) is 6.04 Å². The van der Waals surface area contributed by atoms with Gasteiger partial charge in [-0.2, -0.15) is 11.8 Å². The van der Waals surface area contributed by atoms with Crippen LogP contribution in [0.15, 0.2) is 6.33 Å². The van der Waals surface area contributed by atoms with Gasteiger partial charge in [-0.05, 0) is 19.1 Å². The molecule has 0 aliphatic carbocycles. The molecule has 18 heavy (non-hydrogen) atoms. The van der Waals surface area contributed by atoms with Gasteiger partial charge in [-0.1, -0.05) is 13.3 Å². The zero-order valence-electron chi connectivity index (χ0n) is 11.3. The van der Waals surface area contributed by atoms with Gasteiger partial charge in [-0.15, -0.1) is 10.2 Å². The summed E-state index contributed by atoms with van der Waals surface area (Å²) >= 11 is 1.84. The summed E-state index contributed by atoms with van der Waals surface area (Å²) in [5.41, 5.74) is 0. The molecule has 1 aromatic heterocycles. The topological polar surface area (TPSA) is 59.8 Å². The van der Waals surface area contributed by atoms with Crippen LogP contribution in [0.2, 0.25) is 0 Å². The van der Waals surface area contributed by atoms with Crippen LogP contribution in [-0.4, -0.2) is 32.2 Å². The quantitative estimate of drug-likeness (QED) is 0.733. The lowest BCUT2D eigenvalue weighted by molar-refractivity contribution is -0.121. The fraction of sp³-hybridized carbons (Fsp3) is 0.750. The summed E-state index contributed by atoms with van der Waals surface area (Å²) in [6.07, 6.45) is 4.64. The fourth-order valence-electron chi connectivity index (χ4n) is 1.58. The van der Waals surface area contributed by atoms with E-state index in [1.165, 1.54) is 12.8 Å². The van der Waals surface area contributed by atoms with Crippen molar-refractivity contribution in [1.82, 2.24) is 20.1 Å². The maximum Gasteiger partial charge on any atom is 0.221 e. The first-order chi connectivity index (χ1) is 8.65. The zero-order chi connectivity index (χ0) is 13.4. The Balaban J connectivity index is 2.22. The summed E-state index contributed by atoms with van der Waals surface area (Å²) in [5, 5.41) is 10.7. The Labute approximate surface area is 113 Å². The van der Waals surface area contributed by atoms with Gasteiger partial charge in [-0.3, -0.25) is 4.79 Å². The van der Waals surface area contributed by atoms with Crippen LogP contribution in [0.3, 0.4) is 0 Å². The minimum Gasteiger partial charge on any atom is -0.346 e. The smallest absolute Gasteiger partial charge is 0.221 e. The van der Waals surface area contributed by atoms with Crippen molar-refractivity contribution in [3.8, 4) is 0 Å². The van der Waals surface area contributed by atoms with E-state index < -0.39 is 0 Å². The largest absolute Gasteiger partial charge is 0.346 e. The first-order valence-corrected chi connectivity index (χ1v) is 7.51. The zero-order valence-corrected chi connectivity index (χ0v) is 12.2. The van der Waals surface area contributed by atoms with E-state index in [0.29, 0.717) is 6.42 Å². The van der Waals surface area contributed by atoms with Crippen molar-refractivity contribution < 1.29 is 4.79 Å². The molecule has 0 saturated heterocycles. The van der Waals surface area contributed by atoms with E-state index in [9.17, 15) is 4.79 Å². The number of nitrogens with one attached hydrogen (secondary N) is 1. The monoisotopic (exact) mass is 270 g/mol. The van der Waals surface area contributed by atoms with Crippen LogP contribution in [0, 0.1) is 0 Å². The van der Waals surface area contributed by atoms with Gasteiger partial charge in [0.25, 0.3) is 0 Å². The molecule has 0 bridgehead atoms. The normalized spacial score (nSPS) is 12.4. The lowest BCUT2D eigenvalue weighted by atomic mass is 10.3. The third-order valence-corrected chi connectivity index (χ3v) is 3.70. The highest BCUT2D eigenvalue weighted by atomic mass is 32.2. The molecule has 0 radical (unpaired) electrons. The molecule has 0 fully saturated rings. The highest BCUT2D eigenvalue weighted by Gasteiger charge is 2.13. The number of thioether (sulfide) groups is 1. The Hall–Kier alpha value is -1.04. The van der Waals surface area contributed by atoms with Crippen LogP contribution in [-0.2, 0) is 11.8 Å². The van der Waals surface area contributed by atoms with E-state index in [1.807, 2.05) is 30.3 Å². The minimum absolute atomic E-state index is 0.0782. The molecule has 0 aliphatic heterocycles. The average Bonchev–Trinajstić information content (AvgIpc) is 2.75. The molecule has 0 spiro atoms. The van der Waals surface area contributed by atoms with Crippen LogP contribution >= 0.6 is 11.8 Å². The van der Waals surface area contributed by atoms with Gasteiger partial charge >= 0.3 is 0 Å². The van der Waals surface area contributed by atoms with Crippen LogP contribution in [0.25, 0.3) is 0 Å². The van der Waals surface area contributed by atoms with Gasteiger partial charge in [0.15, 0.2) is 5.82 Å². The van der Waals surface area contributed by atoms with E-state index in [1.54, 1.807) is 6.33 Å². The van der Waals surface area contributed by atoms with Crippen LogP contribution < -0.4 is 5.32 Å². The predicted molar refractivity (Wildman–Crippen MR) is 74.4 cm³/mol. The predicted octanol–water partition coefficient (Wildman–Crippen LogP) is 1.92. The first kappa shape index (κ1) is 15.0. The molecule has 0 aromatic carbocycles. The number of hydrogen-bond acceptors (Lipinski definition) is 4. The van der Waals surface area contributed by atoms with Crippen molar-refractivity contribution in [3.05, 3.63) is 12.2 Å². The van der Waals surface area contributed by atoms with Crippen molar-refractivity contribution in [2.45, 2.75) is 39.2 Å². The highest BCUT2D eigenvalue weighted by molar-refractivity contribution is 7.99. The number of rotatable bonds is 8. The molecule has 5 nitrogen and oxygen atoms in total. The lowest BCUT2D eigenvalue weighted by Crippen LogP contribution is -2.28. The summed E-state index contributed by atoms with van der Waals surface area (Å²) in [5.74, 6) is 2.89. The third kappa shape index (κ3) is 5.08. The number of carbonyl (C=O) groups is 1. The van der Waals surface area contributed by atoms with Crippen molar-refractivity contribution >= 4 is 17.7 Å². The number of aryl methyl sites for hydroxylation is 1. The van der Waals surface area contributed by atoms with Crippen LogP contribution in [0.4, 0.5) is 0 Å². The molecule has 102 valence electrons. The van der Waals surface area contributed by atoms with Gasteiger partial charge in [0.1, 0.15) is 6.33 Å². The molecule has 1 atom stereocenters. The van der Waals surface area contributed by atoms with Gasteiger partial charge in [-0.25, -0.2) is 0 Å². The number of carbonyl (C=O) groups excluding carboxylic acids is 1. The summed E-state index contributed by atoms with van der Waals surface area (Å²) in [4.78, 5) is 11.7. The molecule has 0 saturated carbocycles. The van der Waals surface area contributed by atoms with Crippen molar-refractivity contribution in [1.29, 1.82) is 0 Å². The van der Waals surface area contributed by atoms with E-state index >= 15 is 0 Å². The second-order valence-corrected chi connectivity index (χ2v) is 5.53. The maximum atomic E-state index is 11.7. The van der Waals surface area contributed by atoms with Crippen molar-refractivity contribution in [2.75, 3.05) is 11.5 Å². The standard InChI is InChI=1S/C12H22N4OS/c1-4-5-7-18-8-6-11(17)14-10(2)12-15-13-9-16(12)3/h9-10H,4-8H2,1-3H3,(H,14,17). The number of aromatic nitrogens is 3. The average molecular weight is 270 g/mol. The second kappa shape index (κ2) is 8.13. The number of amides is 1. The molecule has 1 unspecified atom stereocenters. The van der Waals surface area contributed by atoms with Gasteiger partial charge < -0.3 is 9.88 Å². The minimum atomic E-state index is -0.0920. The molecule has 1 heterocycles. The van der Waals surface area contributed by atoms with E-state index in [0.717, 1.165) is 17.3 Å². The molecule has 1 amide bonds. The van der Waals surface area contributed by atoms with Crippen molar-refractivity contribution in [3.63, 3.8) is 0 Å². The molecule has 6 heteroatoms. The van der Waals surface area contributed by atoms with Crippen LogP contribution in [0.1, 0.15) is 45.0 Å². The summed E-state index contributed by atoms with van der Waals surface area (Å²) < 4.78 is 1.82. The molecular formula is C12H22N4OS. The summed E-state index contributed by atoms with van der Waals surface area (Å²) in [6, 6.07) is -0.0920. The lowest BCUT2D eigenvalue weighted by Gasteiger charge is -2.12. The van der Waals surface area contributed by atoms with E-state index in [4.69, 9.17) is 0 Å². The Morgan fingerprint density at radius 2 is 2.33 bits per heavy atom. The Bertz CT molecular complexity index is 367. The Kier molecular flexibility index (Phi) is 6.78. The Morgan fingerprint density at radius 1 is 1.56 bits per heavy atom. The summed E-state index contributed by atoms with van der Waals surface area (Å²) in [7, 11) is 1.87. The number of unbranched alkanes of at least 4 members (excludes halogenated alkanes) is 1. The van der Waals surface area contributed by atoms with E-state index in [2.05, 4.69) is 22.4 Å². The van der Waals surface area contributed by atoms with Gasteiger partial charge in [0, 0.05) is 19.2 Å². The molecule has 0 aliphatic rings. The Morgan fingerprint density at radius 3 is 2.94 bits per heavy atom. The summed E-state index contributed by atoms with van der Waals surface area (Å²) in [6.45, 7) is 4.10. The molecule has 1 rings (SSSR count). The maximum absolute atomic E-state index is 11.7. The van der Waals surface area contributed by atoms with Crippen molar-refractivity contribution in [2.24, 2.45) is 7.05 Å². The van der Waals surface area contributed by atoms with Crippen LogP contribution in [0.5, 0.6) is 0 Å².